The molecule has 4 rings (SSSR count). The van der Waals surface area contributed by atoms with Gasteiger partial charge in [-0.25, -0.2) is 4.98 Å². The number of fused-ring (bicyclic) bond motifs is 1. The van der Waals surface area contributed by atoms with E-state index in [0.29, 0.717) is 42.4 Å². The van der Waals surface area contributed by atoms with Gasteiger partial charge in [0, 0.05) is 17.0 Å². The smallest absolute Gasteiger partial charge is 0.101 e. The van der Waals surface area contributed by atoms with Crippen LogP contribution in [-0.2, 0) is 5.41 Å². The lowest BCUT2D eigenvalue weighted by Gasteiger charge is -2.44. The Hall–Kier alpha value is -1.01. The molecule has 0 aliphatic heterocycles. The quantitative estimate of drug-likeness (QED) is 0.338. The second kappa shape index (κ2) is 11.8. The minimum Gasteiger partial charge on any atom is -0.395 e. The first-order valence-electron chi connectivity index (χ1n) is 14.4. The lowest BCUT2D eigenvalue weighted by atomic mass is 9.60. The number of aliphatic hydroxyl groups excluding tert-OH is 3. The number of aliphatic hydroxyl groups is 3. The standard InChI is InChI=1S/C31H49NO3S/c1-21(2)31(20-33,29-32-15-16-36-29)14-5-7-22(3)27-11-12-28-24(8-6-13-30(27,28)4)10-9-23-17-25(34)19-26(35)18-23/h9-10,15-16,21-22,25-28,33-35H,5-8,11-14,17-20H2,1-4H3/b23-9?,24-10-/t22?,25-,26+,27-,28?,30-,31+/m1/s1. The van der Waals surface area contributed by atoms with Crippen LogP contribution in [0.3, 0.4) is 0 Å². The molecular formula is C31H49NO3S. The molecule has 1 aromatic rings. The second-order valence-corrected chi connectivity index (χ2v) is 13.7. The molecule has 0 aromatic carbocycles. The summed E-state index contributed by atoms with van der Waals surface area (Å²) in [5.74, 6) is 2.46. The van der Waals surface area contributed by atoms with Gasteiger partial charge in [0.15, 0.2) is 0 Å². The van der Waals surface area contributed by atoms with Crippen LogP contribution in [0.25, 0.3) is 0 Å². The van der Waals surface area contributed by atoms with E-state index < -0.39 is 12.2 Å². The number of rotatable bonds is 9. The SMILES string of the molecule is CC(CCC[C@@](CO)(c1nccs1)C(C)C)[C@H]1CCC2/C(=C\C=C3C[C@@H](O)C[C@@H](O)C3)CCC[C@@]21C. The Bertz CT molecular complexity index is 897. The van der Waals surface area contributed by atoms with E-state index >= 15 is 0 Å². The molecule has 0 radical (unpaired) electrons. The molecule has 1 aromatic heterocycles. The van der Waals surface area contributed by atoms with Crippen molar-refractivity contribution in [2.75, 3.05) is 6.61 Å². The zero-order valence-electron chi connectivity index (χ0n) is 23.0. The lowest BCUT2D eigenvalue weighted by molar-refractivity contribution is 0.0609. The summed E-state index contributed by atoms with van der Waals surface area (Å²) in [6.45, 7) is 9.66. The molecule has 0 amide bonds. The Kier molecular flexibility index (Phi) is 9.18. The molecule has 4 nitrogen and oxygen atoms in total. The van der Waals surface area contributed by atoms with Gasteiger partial charge in [0.1, 0.15) is 5.01 Å². The van der Waals surface area contributed by atoms with E-state index in [9.17, 15) is 15.3 Å². The van der Waals surface area contributed by atoms with Crippen molar-refractivity contribution in [3.05, 3.63) is 39.9 Å². The first kappa shape index (κ1) is 28.0. The zero-order chi connectivity index (χ0) is 25.9. The van der Waals surface area contributed by atoms with Crippen LogP contribution in [0.1, 0.15) is 103 Å². The number of hydrogen-bond donors (Lipinski definition) is 3. The maximum absolute atomic E-state index is 10.4. The number of hydrogen-bond acceptors (Lipinski definition) is 5. The van der Waals surface area contributed by atoms with Gasteiger partial charge in [-0.3, -0.25) is 0 Å². The Balaban J connectivity index is 1.40. The molecule has 2 unspecified atom stereocenters. The molecule has 3 aliphatic carbocycles. The lowest BCUT2D eigenvalue weighted by Crippen LogP contribution is -2.37. The number of thiazole rings is 1. The molecule has 3 N–H and O–H groups in total. The minimum atomic E-state index is -0.400. The van der Waals surface area contributed by atoms with Crippen molar-refractivity contribution < 1.29 is 15.3 Å². The third-order valence-corrected chi connectivity index (χ3v) is 11.3. The molecular weight excluding hydrogens is 466 g/mol. The van der Waals surface area contributed by atoms with Gasteiger partial charge in [-0.2, -0.15) is 0 Å². The summed E-state index contributed by atoms with van der Waals surface area (Å²) in [5, 5.41) is 33.7. The van der Waals surface area contributed by atoms with Crippen LogP contribution in [0.5, 0.6) is 0 Å². The first-order chi connectivity index (χ1) is 17.2. The van der Waals surface area contributed by atoms with Crippen LogP contribution in [0.15, 0.2) is 34.9 Å². The first-order valence-corrected chi connectivity index (χ1v) is 15.3. The third-order valence-electron chi connectivity index (χ3n) is 10.3. The minimum absolute atomic E-state index is 0.174. The topological polar surface area (TPSA) is 73.6 Å². The highest BCUT2D eigenvalue weighted by Crippen LogP contribution is 2.60. The van der Waals surface area contributed by atoms with Gasteiger partial charge in [0.05, 0.1) is 18.8 Å². The van der Waals surface area contributed by atoms with Gasteiger partial charge in [0.25, 0.3) is 0 Å². The monoisotopic (exact) mass is 515 g/mol. The highest BCUT2D eigenvalue weighted by Gasteiger charge is 2.50. The molecule has 0 bridgehead atoms. The molecule has 3 aliphatic rings. The molecule has 0 spiro atoms. The average Bonchev–Trinajstić information content (AvgIpc) is 3.48. The van der Waals surface area contributed by atoms with Crippen LogP contribution in [0.2, 0.25) is 0 Å². The van der Waals surface area contributed by atoms with E-state index in [1.165, 1.54) is 44.1 Å². The molecule has 5 heteroatoms. The van der Waals surface area contributed by atoms with Gasteiger partial charge >= 0.3 is 0 Å². The largest absolute Gasteiger partial charge is 0.395 e. The van der Waals surface area contributed by atoms with Crippen molar-refractivity contribution in [2.24, 2.45) is 29.1 Å². The summed E-state index contributed by atoms with van der Waals surface area (Å²) in [4.78, 5) is 4.61. The maximum Gasteiger partial charge on any atom is 0.101 e. The van der Waals surface area contributed by atoms with E-state index in [1.54, 1.807) is 16.9 Å². The van der Waals surface area contributed by atoms with Crippen molar-refractivity contribution in [2.45, 2.75) is 116 Å². The fourth-order valence-corrected chi connectivity index (χ4v) is 9.14. The Labute approximate surface area is 222 Å². The molecule has 36 heavy (non-hydrogen) atoms. The van der Waals surface area contributed by atoms with E-state index in [-0.39, 0.29) is 12.0 Å². The maximum atomic E-state index is 10.4. The van der Waals surface area contributed by atoms with Gasteiger partial charge < -0.3 is 15.3 Å². The van der Waals surface area contributed by atoms with Crippen LogP contribution in [0.4, 0.5) is 0 Å². The van der Waals surface area contributed by atoms with E-state index in [0.717, 1.165) is 23.8 Å². The van der Waals surface area contributed by atoms with Crippen molar-refractivity contribution in [1.82, 2.24) is 4.98 Å². The number of allylic oxidation sites excluding steroid dienone is 3. The van der Waals surface area contributed by atoms with Gasteiger partial charge in [-0.05, 0) is 86.9 Å². The van der Waals surface area contributed by atoms with Crippen molar-refractivity contribution in [3.8, 4) is 0 Å². The Morgan fingerprint density at radius 3 is 2.56 bits per heavy atom. The van der Waals surface area contributed by atoms with E-state index in [4.69, 9.17) is 0 Å². The highest BCUT2D eigenvalue weighted by molar-refractivity contribution is 7.09. The van der Waals surface area contributed by atoms with Gasteiger partial charge in [-0.1, -0.05) is 63.8 Å². The summed E-state index contributed by atoms with van der Waals surface area (Å²) in [5.41, 5.74) is 2.95. The fraction of sp³-hybridized carbons (Fsp3) is 0.774. The summed E-state index contributed by atoms with van der Waals surface area (Å²) < 4.78 is 0. The predicted octanol–water partition coefficient (Wildman–Crippen LogP) is 6.81. The van der Waals surface area contributed by atoms with Crippen molar-refractivity contribution >= 4 is 11.3 Å². The summed E-state index contributed by atoms with van der Waals surface area (Å²) in [6, 6.07) is 0. The molecule has 3 saturated carbocycles. The Morgan fingerprint density at radius 1 is 1.17 bits per heavy atom. The molecule has 0 saturated heterocycles. The van der Waals surface area contributed by atoms with Crippen LogP contribution in [0, 0.1) is 29.1 Å². The van der Waals surface area contributed by atoms with Gasteiger partial charge in [0.2, 0.25) is 0 Å². The van der Waals surface area contributed by atoms with Crippen LogP contribution < -0.4 is 0 Å². The number of aromatic nitrogens is 1. The zero-order valence-corrected chi connectivity index (χ0v) is 23.8. The van der Waals surface area contributed by atoms with E-state index in [1.807, 2.05) is 11.6 Å². The Morgan fingerprint density at radius 2 is 1.92 bits per heavy atom. The molecule has 3 fully saturated rings. The van der Waals surface area contributed by atoms with Gasteiger partial charge in [-0.15, -0.1) is 11.3 Å². The second-order valence-electron chi connectivity index (χ2n) is 12.8. The van der Waals surface area contributed by atoms with Crippen molar-refractivity contribution in [1.29, 1.82) is 0 Å². The summed E-state index contributed by atoms with van der Waals surface area (Å²) in [7, 11) is 0. The normalized spacial score (nSPS) is 35.8. The van der Waals surface area contributed by atoms with E-state index in [2.05, 4.69) is 44.8 Å². The fourth-order valence-electron chi connectivity index (χ4n) is 8.13. The summed E-state index contributed by atoms with van der Waals surface area (Å²) in [6.07, 6.45) is 17.3. The summed E-state index contributed by atoms with van der Waals surface area (Å²) >= 11 is 1.69. The van der Waals surface area contributed by atoms with Crippen molar-refractivity contribution in [3.63, 3.8) is 0 Å². The average molecular weight is 516 g/mol. The molecule has 7 atom stereocenters. The molecule has 1 heterocycles. The van der Waals surface area contributed by atoms with Crippen LogP contribution >= 0.6 is 11.3 Å². The van der Waals surface area contributed by atoms with Crippen LogP contribution in [-0.4, -0.2) is 39.1 Å². The number of nitrogens with zero attached hydrogens (tertiary/aromatic N) is 1. The third kappa shape index (κ3) is 5.70. The molecule has 202 valence electrons. The highest BCUT2D eigenvalue weighted by atomic mass is 32.1. The predicted molar refractivity (Wildman–Crippen MR) is 149 cm³/mol.